The topological polar surface area (TPSA) is 102 Å². The smallest absolute Gasteiger partial charge is 0.346 e. The number of hydrogen-bond acceptors (Lipinski definition) is 6. The molecule has 1 atom stereocenters. The molecule has 1 rings (SSSR count). The van der Waals surface area contributed by atoms with Crippen molar-refractivity contribution in [3.05, 3.63) is 31.4 Å². The molecule has 0 aliphatic carbocycles. The lowest BCUT2D eigenvalue weighted by Crippen LogP contribution is -2.25. The quantitative estimate of drug-likeness (QED) is 0.345. The molecule has 0 saturated heterocycles. The minimum absolute atomic E-state index is 0.0532. The van der Waals surface area contributed by atoms with E-state index in [1.54, 1.807) is 22.6 Å². The van der Waals surface area contributed by atoms with Crippen LogP contribution in [0.15, 0.2) is 12.1 Å². The predicted octanol–water partition coefficient (Wildman–Crippen LogP) is 2.01. The van der Waals surface area contributed by atoms with Crippen LogP contribution in [0.1, 0.15) is 12.5 Å². The zero-order chi connectivity index (χ0) is 14.6. The van der Waals surface area contributed by atoms with Crippen molar-refractivity contribution in [3.63, 3.8) is 0 Å². The maximum absolute atomic E-state index is 11.3. The van der Waals surface area contributed by atoms with Crippen LogP contribution in [-0.4, -0.2) is 24.1 Å². The summed E-state index contributed by atoms with van der Waals surface area (Å²) < 4.78 is 10.1. The molecular formula is C11H9IN2O5. The molecule has 0 aliphatic rings. The average Bonchev–Trinajstić information content (AvgIpc) is 2.39. The van der Waals surface area contributed by atoms with E-state index in [1.165, 1.54) is 20.1 Å². The zero-order valence-corrected chi connectivity index (χ0v) is 12.2. The van der Waals surface area contributed by atoms with Crippen molar-refractivity contribution < 1.29 is 19.2 Å². The van der Waals surface area contributed by atoms with Crippen LogP contribution in [0.25, 0.3) is 0 Å². The second kappa shape index (κ2) is 6.33. The monoisotopic (exact) mass is 376 g/mol. The molecule has 7 nitrogen and oxygen atoms in total. The minimum atomic E-state index is -0.981. The third-order valence-corrected chi connectivity index (χ3v) is 2.98. The molecule has 0 saturated carbocycles. The minimum Gasteiger partial charge on any atom is -0.471 e. The van der Waals surface area contributed by atoms with Gasteiger partial charge in [-0.1, -0.05) is 0 Å². The first kappa shape index (κ1) is 15.2. The summed E-state index contributed by atoms with van der Waals surface area (Å²) in [4.78, 5) is 21.6. The summed E-state index contributed by atoms with van der Waals surface area (Å²) in [5, 5.41) is 19.7. The Morgan fingerprint density at radius 1 is 1.58 bits per heavy atom. The molecule has 8 heteroatoms. The maximum atomic E-state index is 11.3. The Bertz CT molecular complexity index is 567. The zero-order valence-electron chi connectivity index (χ0n) is 10.0. The Morgan fingerprint density at radius 3 is 2.68 bits per heavy atom. The van der Waals surface area contributed by atoms with Gasteiger partial charge < -0.3 is 9.47 Å². The van der Waals surface area contributed by atoms with Crippen LogP contribution in [0.5, 0.6) is 5.75 Å². The number of halogens is 1. The number of nitro benzene ring substituents is 1. The highest BCUT2D eigenvalue weighted by molar-refractivity contribution is 14.1. The number of ether oxygens (including phenoxy) is 2. The van der Waals surface area contributed by atoms with E-state index in [0.717, 1.165) is 6.07 Å². The molecule has 1 aromatic carbocycles. The second-order valence-electron chi connectivity index (χ2n) is 3.46. The van der Waals surface area contributed by atoms with Gasteiger partial charge in [-0.3, -0.25) is 10.1 Å². The number of benzene rings is 1. The summed E-state index contributed by atoms with van der Waals surface area (Å²) in [6.45, 7) is 1.42. The Hall–Kier alpha value is -1.89. The summed E-state index contributed by atoms with van der Waals surface area (Å²) in [6.07, 6.45) is -0.981. The van der Waals surface area contributed by atoms with Crippen molar-refractivity contribution in [2.75, 3.05) is 7.11 Å². The van der Waals surface area contributed by atoms with E-state index in [0.29, 0.717) is 3.57 Å². The Labute approximate surface area is 122 Å². The molecule has 0 heterocycles. The van der Waals surface area contributed by atoms with Crippen molar-refractivity contribution in [2.45, 2.75) is 13.0 Å². The molecule has 100 valence electrons. The third-order valence-electron chi connectivity index (χ3n) is 2.18. The van der Waals surface area contributed by atoms with E-state index in [-0.39, 0.29) is 17.0 Å². The first-order valence-electron chi connectivity index (χ1n) is 5.03. The van der Waals surface area contributed by atoms with Gasteiger partial charge in [-0.25, -0.2) is 4.79 Å². The predicted molar refractivity (Wildman–Crippen MR) is 72.6 cm³/mol. The van der Waals surface area contributed by atoms with Gasteiger partial charge in [-0.2, -0.15) is 5.26 Å². The fourth-order valence-corrected chi connectivity index (χ4v) is 2.03. The Kier molecular flexibility index (Phi) is 5.05. The van der Waals surface area contributed by atoms with Crippen LogP contribution in [0.4, 0.5) is 5.69 Å². The number of nitro groups is 1. The van der Waals surface area contributed by atoms with E-state index >= 15 is 0 Å². The fourth-order valence-electron chi connectivity index (χ4n) is 1.29. The number of hydrogen-bond donors (Lipinski definition) is 0. The lowest BCUT2D eigenvalue weighted by Gasteiger charge is -2.13. The standard InChI is InChI=1S/C11H9IN2O5/c1-6(11(15)18-2)19-10-8(12)3-7(5-13)4-9(10)14(16)17/h3-4,6H,1-2H3/t6-/m1/s1. The maximum Gasteiger partial charge on any atom is 0.346 e. The van der Waals surface area contributed by atoms with Gasteiger partial charge in [0.1, 0.15) is 0 Å². The van der Waals surface area contributed by atoms with Gasteiger partial charge in [0.25, 0.3) is 0 Å². The van der Waals surface area contributed by atoms with Gasteiger partial charge in [-0.05, 0) is 35.6 Å². The molecule has 0 aliphatic heterocycles. The normalized spacial score (nSPS) is 11.3. The summed E-state index contributed by atoms with van der Waals surface area (Å²) in [6, 6.07) is 4.36. The van der Waals surface area contributed by atoms with E-state index in [4.69, 9.17) is 10.00 Å². The molecule has 0 unspecified atom stereocenters. The van der Waals surface area contributed by atoms with Crippen LogP contribution in [0, 0.1) is 25.0 Å². The summed E-state index contributed by atoms with van der Waals surface area (Å²) in [7, 11) is 1.19. The molecule has 0 bridgehead atoms. The summed E-state index contributed by atoms with van der Waals surface area (Å²) in [5.41, 5.74) is -0.214. The lowest BCUT2D eigenvalue weighted by molar-refractivity contribution is -0.386. The molecule has 0 amide bonds. The molecule has 0 fully saturated rings. The molecular weight excluding hydrogens is 367 g/mol. The summed E-state index contributed by atoms with van der Waals surface area (Å²) in [5.74, 6) is -0.697. The summed E-state index contributed by atoms with van der Waals surface area (Å²) >= 11 is 1.80. The van der Waals surface area contributed by atoms with Crippen LogP contribution in [0.2, 0.25) is 0 Å². The molecule has 19 heavy (non-hydrogen) atoms. The first-order chi connectivity index (χ1) is 8.90. The van der Waals surface area contributed by atoms with E-state index in [2.05, 4.69) is 4.74 Å². The number of methoxy groups -OCH3 is 1. The lowest BCUT2D eigenvalue weighted by atomic mass is 10.2. The van der Waals surface area contributed by atoms with E-state index < -0.39 is 17.0 Å². The largest absolute Gasteiger partial charge is 0.471 e. The van der Waals surface area contributed by atoms with E-state index in [9.17, 15) is 14.9 Å². The van der Waals surface area contributed by atoms with E-state index in [1.807, 2.05) is 6.07 Å². The highest BCUT2D eigenvalue weighted by atomic mass is 127. The number of esters is 1. The van der Waals surface area contributed by atoms with Gasteiger partial charge in [-0.15, -0.1) is 0 Å². The number of rotatable bonds is 4. The number of nitrogens with zero attached hydrogens (tertiary/aromatic N) is 2. The molecule has 0 aromatic heterocycles. The molecule has 1 aromatic rings. The van der Waals surface area contributed by atoms with Gasteiger partial charge in [0.05, 0.1) is 27.2 Å². The molecule has 0 spiro atoms. The van der Waals surface area contributed by atoms with Crippen LogP contribution in [0.3, 0.4) is 0 Å². The highest BCUT2D eigenvalue weighted by Gasteiger charge is 2.25. The van der Waals surface area contributed by atoms with Gasteiger partial charge >= 0.3 is 11.7 Å². The Balaban J connectivity index is 3.23. The van der Waals surface area contributed by atoms with Gasteiger partial charge in [0, 0.05) is 6.07 Å². The molecule has 0 N–H and O–H groups in total. The van der Waals surface area contributed by atoms with Crippen LogP contribution >= 0.6 is 22.6 Å². The van der Waals surface area contributed by atoms with Crippen molar-refractivity contribution in [3.8, 4) is 11.8 Å². The van der Waals surface area contributed by atoms with Crippen LogP contribution in [-0.2, 0) is 9.53 Å². The van der Waals surface area contributed by atoms with Gasteiger partial charge in [0.15, 0.2) is 6.10 Å². The van der Waals surface area contributed by atoms with Gasteiger partial charge in [0.2, 0.25) is 5.75 Å². The van der Waals surface area contributed by atoms with Crippen LogP contribution < -0.4 is 4.74 Å². The molecule has 0 radical (unpaired) electrons. The number of carbonyl (C=O) groups excluding carboxylic acids is 1. The average molecular weight is 376 g/mol. The van der Waals surface area contributed by atoms with Crippen molar-refractivity contribution in [2.24, 2.45) is 0 Å². The third kappa shape index (κ3) is 3.54. The van der Waals surface area contributed by atoms with Crippen molar-refractivity contribution >= 4 is 34.2 Å². The second-order valence-corrected chi connectivity index (χ2v) is 4.62. The van der Waals surface area contributed by atoms with Crippen molar-refractivity contribution in [1.82, 2.24) is 0 Å². The number of nitriles is 1. The fraction of sp³-hybridized carbons (Fsp3) is 0.273. The van der Waals surface area contributed by atoms with Crippen molar-refractivity contribution in [1.29, 1.82) is 5.26 Å². The highest BCUT2D eigenvalue weighted by Crippen LogP contribution is 2.34. The Morgan fingerprint density at radius 2 is 2.21 bits per heavy atom. The number of carbonyl (C=O) groups is 1. The SMILES string of the molecule is COC(=O)[C@@H](C)Oc1c(I)cc(C#N)cc1[N+](=O)[O-]. The first-order valence-corrected chi connectivity index (χ1v) is 6.11.